The van der Waals surface area contributed by atoms with E-state index in [0.29, 0.717) is 33.7 Å². The van der Waals surface area contributed by atoms with Gasteiger partial charge in [-0.1, -0.05) is 24.3 Å². The molecule has 1 aromatic heterocycles. The molecule has 0 bridgehead atoms. The average Bonchev–Trinajstić information content (AvgIpc) is 2.70. The van der Waals surface area contributed by atoms with Gasteiger partial charge in [-0.05, 0) is 74.4 Å². The first kappa shape index (κ1) is 18.6. The maximum atomic E-state index is 13.0. The van der Waals surface area contributed by atoms with Crippen LogP contribution in [0.25, 0.3) is 16.6 Å². The summed E-state index contributed by atoms with van der Waals surface area (Å²) < 4.78 is 1.56. The van der Waals surface area contributed by atoms with E-state index >= 15 is 0 Å². The zero-order valence-electron chi connectivity index (χ0n) is 16.6. The molecule has 1 N–H and O–H groups in total. The van der Waals surface area contributed by atoms with Crippen LogP contribution in [0.5, 0.6) is 0 Å². The number of carbonyl (C=O) groups is 1. The van der Waals surface area contributed by atoms with Gasteiger partial charge in [0.2, 0.25) is 0 Å². The Morgan fingerprint density at radius 3 is 2.48 bits per heavy atom. The lowest BCUT2D eigenvalue weighted by Gasteiger charge is -2.13. The minimum Gasteiger partial charge on any atom is -0.322 e. The topological polar surface area (TPSA) is 64.0 Å². The number of hydrogen-bond donors (Lipinski definition) is 1. The second-order valence-electron chi connectivity index (χ2n) is 7.12. The van der Waals surface area contributed by atoms with Gasteiger partial charge < -0.3 is 5.32 Å². The maximum Gasteiger partial charge on any atom is 0.265 e. The molecule has 3 aromatic carbocycles. The number of benzene rings is 3. The van der Waals surface area contributed by atoms with E-state index < -0.39 is 0 Å². The molecule has 4 aromatic rings. The van der Waals surface area contributed by atoms with Crippen molar-refractivity contribution in [1.82, 2.24) is 9.55 Å². The highest BCUT2D eigenvalue weighted by atomic mass is 16.1. The molecule has 0 saturated carbocycles. The minimum atomic E-state index is -0.189. The van der Waals surface area contributed by atoms with Gasteiger partial charge >= 0.3 is 0 Å². The van der Waals surface area contributed by atoms with Crippen LogP contribution in [0.2, 0.25) is 0 Å². The highest BCUT2D eigenvalue weighted by Crippen LogP contribution is 2.18. The Morgan fingerprint density at radius 1 is 0.897 bits per heavy atom. The van der Waals surface area contributed by atoms with Crippen molar-refractivity contribution in [2.24, 2.45) is 0 Å². The van der Waals surface area contributed by atoms with E-state index in [2.05, 4.69) is 10.3 Å². The maximum absolute atomic E-state index is 13.0. The SMILES string of the molecule is Cc1ccc(C(=O)Nc2cccc(-n3c(C)nc4ccccc4c3=O)c2)cc1C. The first-order valence-electron chi connectivity index (χ1n) is 9.41. The monoisotopic (exact) mass is 383 g/mol. The zero-order chi connectivity index (χ0) is 20.5. The van der Waals surface area contributed by atoms with Crippen LogP contribution in [0, 0.1) is 20.8 Å². The molecule has 4 rings (SSSR count). The van der Waals surface area contributed by atoms with Crippen LogP contribution in [-0.2, 0) is 0 Å². The van der Waals surface area contributed by atoms with E-state index in [1.165, 1.54) is 0 Å². The molecule has 0 atom stereocenters. The molecule has 0 aliphatic heterocycles. The first-order chi connectivity index (χ1) is 13.9. The van der Waals surface area contributed by atoms with E-state index in [9.17, 15) is 9.59 Å². The summed E-state index contributed by atoms with van der Waals surface area (Å²) in [5.41, 5.74) is 4.61. The number of nitrogens with zero attached hydrogens (tertiary/aromatic N) is 2. The molecular weight excluding hydrogens is 362 g/mol. The molecule has 0 aliphatic carbocycles. The normalized spacial score (nSPS) is 10.9. The van der Waals surface area contributed by atoms with Gasteiger partial charge in [-0.25, -0.2) is 4.98 Å². The standard InChI is InChI=1S/C24H21N3O2/c1-15-11-12-18(13-16(15)2)23(28)26-19-7-6-8-20(14-19)27-17(3)25-22-10-5-4-9-21(22)24(27)29/h4-14H,1-3H3,(H,26,28). The molecule has 5 heteroatoms. The Labute approximate surface area is 168 Å². The largest absolute Gasteiger partial charge is 0.322 e. The van der Waals surface area contributed by atoms with Crippen LogP contribution in [0.3, 0.4) is 0 Å². The lowest BCUT2D eigenvalue weighted by molar-refractivity contribution is 0.102. The quantitative estimate of drug-likeness (QED) is 0.564. The Bertz CT molecular complexity index is 1310. The predicted molar refractivity (Wildman–Crippen MR) is 116 cm³/mol. The van der Waals surface area contributed by atoms with Crippen LogP contribution in [0.15, 0.2) is 71.5 Å². The van der Waals surface area contributed by atoms with Crippen LogP contribution < -0.4 is 10.9 Å². The van der Waals surface area contributed by atoms with Crippen molar-refractivity contribution in [1.29, 1.82) is 0 Å². The molecule has 0 saturated heterocycles. The summed E-state index contributed by atoms with van der Waals surface area (Å²) in [6.45, 7) is 5.79. The number of amides is 1. The molecular formula is C24H21N3O2. The molecule has 5 nitrogen and oxygen atoms in total. The molecule has 1 amide bonds. The van der Waals surface area contributed by atoms with Crippen LogP contribution in [0.4, 0.5) is 5.69 Å². The number of nitrogens with one attached hydrogen (secondary N) is 1. The van der Waals surface area contributed by atoms with E-state index in [0.717, 1.165) is 11.1 Å². The van der Waals surface area contributed by atoms with E-state index in [-0.39, 0.29) is 11.5 Å². The fourth-order valence-corrected chi connectivity index (χ4v) is 3.36. The third kappa shape index (κ3) is 3.55. The molecule has 0 radical (unpaired) electrons. The van der Waals surface area contributed by atoms with Crippen LogP contribution in [0.1, 0.15) is 27.3 Å². The Morgan fingerprint density at radius 2 is 1.69 bits per heavy atom. The summed E-state index contributed by atoms with van der Waals surface area (Å²) in [5, 5.41) is 3.47. The van der Waals surface area contributed by atoms with Gasteiger partial charge in [0.25, 0.3) is 11.5 Å². The van der Waals surface area contributed by atoms with E-state index in [4.69, 9.17) is 0 Å². The average molecular weight is 383 g/mol. The summed E-state index contributed by atoms with van der Waals surface area (Å²) >= 11 is 0. The van der Waals surface area contributed by atoms with Crippen molar-refractivity contribution in [2.75, 3.05) is 5.32 Å². The lowest BCUT2D eigenvalue weighted by Crippen LogP contribution is -2.22. The highest BCUT2D eigenvalue weighted by Gasteiger charge is 2.12. The number of carbonyl (C=O) groups excluding carboxylic acids is 1. The van der Waals surface area contributed by atoms with Crippen molar-refractivity contribution in [3.05, 3.63) is 99.6 Å². The van der Waals surface area contributed by atoms with Crippen LogP contribution in [-0.4, -0.2) is 15.5 Å². The smallest absolute Gasteiger partial charge is 0.265 e. The number of aryl methyl sites for hydroxylation is 3. The Hall–Kier alpha value is -3.73. The molecule has 0 spiro atoms. The number of aromatic nitrogens is 2. The number of rotatable bonds is 3. The number of anilines is 1. The van der Waals surface area contributed by atoms with Gasteiger partial charge in [-0.15, -0.1) is 0 Å². The minimum absolute atomic E-state index is 0.134. The number of fused-ring (bicyclic) bond motifs is 1. The molecule has 29 heavy (non-hydrogen) atoms. The van der Waals surface area contributed by atoms with Gasteiger partial charge in [-0.3, -0.25) is 14.2 Å². The van der Waals surface area contributed by atoms with Crippen molar-refractivity contribution >= 4 is 22.5 Å². The fraction of sp³-hybridized carbons (Fsp3) is 0.125. The summed E-state index contributed by atoms with van der Waals surface area (Å²) in [6, 6.07) is 20.1. The third-order valence-corrected chi connectivity index (χ3v) is 5.07. The van der Waals surface area contributed by atoms with E-state index in [1.54, 1.807) is 29.7 Å². The third-order valence-electron chi connectivity index (χ3n) is 5.07. The van der Waals surface area contributed by atoms with Crippen LogP contribution >= 0.6 is 0 Å². The highest BCUT2D eigenvalue weighted by molar-refractivity contribution is 6.04. The molecule has 144 valence electrons. The van der Waals surface area contributed by atoms with Gasteiger partial charge in [0.15, 0.2) is 0 Å². The van der Waals surface area contributed by atoms with Crippen molar-refractivity contribution in [3.8, 4) is 5.69 Å². The molecule has 0 aliphatic rings. The van der Waals surface area contributed by atoms with Gasteiger partial charge in [0.05, 0.1) is 16.6 Å². The Kier molecular flexibility index (Phi) is 4.72. The second kappa shape index (κ2) is 7.36. The molecule has 0 unspecified atom stereocenters. The Balaban J connectivity index is 1.71. The van der Waals surface area contributed by atoms with Crippen molar-refractivity contribution in [3.63, 3.8) is 0 Å². The number of hydrogen-bond acceptors (Lipinski definition) is 3. The summed E-state index contributed by atoms with van der Waals surface area (Å²) in [5.74, 6) is 0.400. The van der Waals surface area contributed by atoms with Gasteiger partial charge in [0, 0.05) is 11.3 Å². The summed E-state index contributed by atoms with van der Waals surface area (Å²) in [4.78, 5) is 30.2. The van der Waals surface area contributed by atoms with Crippen molar-refractivity contribution < 1.29 is 4.79 Å². The predicted octanol–water partition coefficient (Wildman–Crippen LogP) is 4.56. The number of para-hydroxylation sites is 1. The van der Waals surface area contributed by atoms with Crippen molar-refractivity contribution in [2.45, 2.75) is 20.8 Å². The second-order valence-corrected chi connectivity index (χ2v) is 7.12. The van der Waals surface area contributed by atoms with Gasteiger partial charge in [0.1, 0.15) is 5.82 Å². The summed E-state index contributed by atoms with van der Waals surface area (Å²) in [7, 11) is 0. The van der Waals surface area contributed by atoms with E-state index in [1.807, 2.05) is 62.4 Å². The fourth-order valence-electron chi connectivity index (χ4n) is 3.36. The zero-order valence-corrected chi connectivity index (χ0v) is 16.6. The lowest BCUT2D eigenvalue weighted by atomic mass is 10.1. The summed E-state index contributed by atoms with van der Waals surface area (Å²) in [6.07, 6.45) is 0. The van der Waals surface area contributed by atoms with Gasteiger partial charge in [-0.2, -0.15) is 0 Å². The first-order valence-corrected chi connectivity index (χ1v) is 9.41. The molecule has 1 heterocycles. The molecule has 0 fully saturated rings.